The van der Waals surface area contributed by atoms with Gasteiger partial charge in [-0.05, 0) is 67.8 Å². The highest BCUT2D eigenvalue weighted by atomic mass is 16.5. The lowest BCUT2D eigenvalue weighted by Gasteiger charge is -2.22. The van der Waals surface area contributed by atoms with E-state index in [4.69, 9.17) is 10.5 Å². The Labute approximate surface area is 178 Å². The monoisotopic (exact) mass is 409 g/mol. The van der Waals surface area contributed by atoms with Gasteiger partial charge >= 0.3 is 0 Å². The fourth-order valence-electron chi connectivity index (χ4n) is 3.77. The zero-order chi connectivity index (χ0) is 21.3. The number of nitrogens with zero attached hydrogens (tertiary/aromatic N) is 1. The highest BCUT2D eigenvalue weighted by Gasteiger charge is 2.28. The van der Waals surface area contributed by atoms with Crippen molar-refractivity contribution in [3.63, 3.8) is 0 Å². The molecule has 6 heteroatoms. The Balaban J connectivity index is 1.56. The third-order valence-electron chi connectivity index (χ3n) is 5.40. The van der Waals surface area contributed by atoms with Gasteiger partial charge in [-0.1, -0.05) is 31.9 Å². The van der Waals surface area contributed by atoms with Gasteiger partial charge in [-0.2, -0.15) is 0 Å². The van der Waals surface area contributed by atoms with Crippen LogP contribution >= 0.6 is 0 Å². The Morgan fingerprint density at radius 1 is 1.17 bits per heavy atom. The lowest BCUT2D eigenvalue weighted by Crippen LogP contribution is -2.39. The fraction of sp³-hybridized carbons (Fsp3) is 0.417. The molecule has 1 fully saturated rings. The number of carbonyl (C=O) groups excluding carboxylic acids is 2. The summed E-state index contributed by atoms with van der Waals surface area (Å²) in [6.07, 6.45) is 5.13. The van der Waals surface area contributed by atoms with E-state index in [1.165, 1.54) is 0 Å². The van der Waals surface area contributed by atoms with E-state index in [9.17, 15) is 9.59 Å². The van der Waals surface area contributed by atoms with E-state index in [0.29, 0.717) is 18.7 Å². The SMILES string of the molecule is CCCCCOc1ccc(C(=O)Nc2cccc(CN3CCCC3C(N)=O)c2)cc1. The van der Waals surface area contributed by atoms with Gasteiger partial charge in [0, 0.05) is 17.8 Å². The van der Waals surface area contributed by atoms with Crippen LogP contribution in [0.15, 0.2) is 48.5 Å². The number of anilines is 1. The van der Waals surface area contributed by atoms with Crippen molar-refractivity contribution in [1.29, 1.82) is 0 Å². The Morgan fingerprint density at radius 3 is 2.70 bits per heavy atom. The van der Waals surface area contributed by atoms with E-state index in [0.717, 1.165) is 55.6 Å². The second-order valence-corrected chi connectivity index (χ2v) is 7.77. The van der Waals surface area contributed by atoms with E-state index >= 15 is 0 Å². The van der Waals surface area contributed by atoms with Crippen molar-refractivity contribution < 1.29 is 14.3 Å². The van der Waals surface area contributed by atoms with Crippen molar-refractivity contribution in [3.05, 3.63) is 59.7 Å². The van der Waals surface area contributed by atoms with Crippen LogP contribution in [-0.2, 0) is 11.3 Å². The molecular formula is C24H31N3O3. The number of benzene rings is 2. The highest BCUT2D eigenvalue weighted by molar-refractivity contribution is 6.04. The predicted octanol–water partition coefficient (Wildman–Crippen LogP) is 3.96. The van der Waals surface area contributed by atoms with Gasteiger partial charge in [-0.3, -0.25) is 14.5 Å². The van der Waals surface area contributed by atoms with Gasteiger partial charge in [0.05, 0.1) is 12.6 Å². The first-order valence-electron chi connectivity index (χ1n) is 10.7. The number of hydrogen-bond donors (Lipinski definition) is 2. The molecule has 1 atom stereocenters. The Bertz CT molecular complexity index is 851. The van der Waals surface area contributed by atoms with Crippen molar-refractivity contribution in [3.8, 4) is 5.75 Å². The number of unbranched alkanes of at least 4 members (excludes halogenated alkanes) is 2. The molecule has 3 rings (SSSR count). The third-order valence-corrected chi connectivity index (χ3v) is 5.40. The van der Waals surface area contributed by atoms with Crippen LogP contribution < -0.4 is 15.8 Å². The summed E-state index contributed by atoms with van der Waals surface area (Å²) < 4.78 is 5.70. The molecule has 0 radical (unpaired) electrons. The molecular weight excluding hydrogens is 378 g/mol. The Morgan fingerprint density at radius 2 is 1.97 bits per heavy atom. The minimum atomic E-state index is -0.269. The third kappa shape index (κ3) is 6.07. The number of likely N-dealkylation sites (tertiary alicyclic amines) is 1. The smallest absolute Gasteiger partial charge is 0.255 e. The summed E-state index contributed by atoms with van der Waals surface area (Å²) in [7, 11) is 0. The van der Waals surface area contributed by atoms with Gasteiger partial charge in [-0.15, -0.1) is 0 Å². The van der Waals surface area contributed by atoms with E-state index in [1.807, 2.05) is 36.4 Å². The van der Waals surface area contributed by atoms with Crippen LogP contribution in [-0.4, -0.2) is 35.9 Å². The maximum Gasteiger partial charge on any atom is 0.255 e. The van der Waals surface area contributed by atoms with Crippen LogP contribution in [0, 0.1) is 0 Å². The molecule has 0 aromatic heterocycles. The van der Waals surface area contributed by atoms with Gasteiger partial charge in [0.2, 0.25) is 5.91 Å². The quantitative estimate of drug-likeness (QED) is 0.582. The molecule has 160 valence electrons. The summed E-state index contributed by atoms with van der Waals surface area (Å²) in [5.74, 6) is 0.342. The van der Waals surface area contributed by atoms with Crippen LogP contribution in [0.25, 0.3) is 0 Å². The maximum absolute atomic E-state index is 12.6. The van der Waals surface area contributed by atoms with E-state index in [-0.39, 0.29) is 17.9 Å². The number of amides is 2. The molecule has 0 bridgehead atoms. The van der Waals surface area contributed by atoms with Crippen LogP contribution in [0.2, 0.25) is 0 Å². The van der Waals surface area contributed by atoms with Crippen molar-refractivity contribution in [1.82, 2.24) is 4.90 Å². The molecule has 1 heterocycles. The molecule has 2 aromatic rings. The zero-order valence-electron chi connectivity index (χ0n) is 17.6. The summed E-state index contributed by atoms with van der Waals surface area (Å²) >= 11 is 0. The second-order valence-electron chi connectivity index (χ2n) is 7.77. The van der Waals surface area contributed by atoms with E-state index in [1.54, 1.807) is 12.1 Å². The highest BCUT2D eigenvalue weighted by Crippen LogP contribution is 2.22. The van der Waals surface area contributed by atoms with Gasteiger partial charge in [0.1, 0.15) is 5.75 Å². The summed E-state index contributed by atoms with van der Waals surface area (Å²) in [6.45, 7) is 4.35. The first-order valence-corrected chi connectivity index (χ1v) is 10.7. The first kappa shape index (κ1) is 21.8. The molecule has 1 aliphatic heterocycles. The Kier molecular flexibility index (Phi) is 7.85. The van der Waals surface area contributed by atoms with Gasteiger partial charge in [-0.25, -0.2) is 0 Å². The molecule has 1 saturated heterocycles. The van der Waals surface area contributed by atoms with E-state index in [2.05, 4.69) is 17.1 Å². The lowest BCUT2D eigenvalue weighted by atomic mass is 10.1. The minimum Gasteiger partial charge on any atom is -0.494 e. The van der Waals surface area contributed by atoms with Crippen molar-refractivity contribution in [2.75, 3.05) is 18.5 Å². The first-order chi connectivity index (χ1) is 14.6. The van der Waals surface area contributed by atoms with Crippen LogP contribution in [0.1, 0.15) is 54.9 Å². The van der Waals surface area contributed by atoms with Crippen LogP contribution in [0.4, 0.5) is 5.69 Å². The van der Waals surface area contributed by atoms with Gasteiger partial charge < -0.3 is 15.8 Å². The average Bonchev–Trinajstić information content (AvgIpc) is 3.20. The second kappa shape index (κ2) is 10.8. The van der Waals surface area contributed by atoms with Crippen molar-refractivity contribution in [2.45, 2.75) is 51.6 Å². The number of primary amides is 1. The Hall–Kier alpha value is -2.86. The minimum absolute atomic E-state index is 0.166. The van der Waals surface area contributed by atoms with Crippen LogP contribution in [0.5, 0.6) is 5.75 Å². The molecule has 6 nitrogen and oxygen atoms in total. The standard InChI is InChI=1S/C24H31N3O3/c1-2-3-4-15-30-21-12-10-19(11-13-21)24(29)26-20-8-5-7-18(16-20)17-27-14-6-9-22(27)23(25)28/h5,7-8,10-13,16,22H,2-4,6,9,14-15,17H2,1H3,(H2,25,28)(H,26,29). The number of ether oxygens (including phenoxy) is 1. The molecule has 0 saturated carbocycles. The summed E-state index contributed by atoms with van der Waals surface area (Å²) in [5, 5.41) is 2.95. The molecule has 1 aliphatic rings. The maximum atomic E-state index is 12.6. The molecule has 2 aromatic carbocycles. The number of rotatable bonds is 10. The zero-order valence-corrected chi connectivity index (χ0v) is 17.6. The van der Waals surface area contributed by atoms with Gasteiger partial charge in [0.15, 0.2) is 0 Å². The van der Waals surface area contributed by atoms with Crippen molar-refractivity contribution >= 4 is 17.5 Å². The molecule has 30 heavy (non-hydrogen) atoms. The summed E-state index contributed by atoms with van der Waals surface area (Å²) in [5.41, 5.74) is 7.85. The summed E-state index contributed by atoms with van der Waals surface area (Å²) in [6, 6.07) is 14.7. The number of hydrogen-bond acceptors (Lipinski definition) is 4. The number of nitrogens with one attached hydrogen (secondary N) is 1. The molecule has 3 N–H and O–H groups in total. The number of carbonyl (C=O) groups is 2. The number of nitrogens with two attached hydrogens (primary N) is 1. The average molecular weight is 410 g/mol. The molecule has 0 spiro atoms. The normalized spacial score (nSPS) is 16.4. The van der Waals surface area contributed by atoms with Crippen LogP contribution in [0.3, 0.4) is 0 Å². The fourth-order valence-corrected chi connectivity index (χ4v) is 3.77. The molecule has 1 unspecified atom stereocenters. The van der Waals surface area contributed by atoms with E-state index < -0.39 is 0 Å². The predicted molar refractivity (Wildman–Crippen MR) is 118 cm³/mol. The topological polar surface area (TPSA) is 84.7 Å². The van der Waals surface area contributed by atoms with Crippen molar-refractivity contribution in [2.24, 2.45) is 5.73 Å². The lowest BCUT2D eigenvalue weighted by molar-refractivity contribution is -0.122. The molecule has 2 amide bonds. The summed E-state index contributed by atoms with van der Waals surface area (Å²) in [4.78, 5) is 26.3. The molecule has 0 aliphatic carbocycles. The van der Waals surface area contributed by atoms with Gasteiger partial charge in [0.25, 0.3) is 5.91 Å². The largest absolute Gasteiger partial charge is 0.494 e.